The molecule has 1 aromatic carbocycles. The lowest BCUT2D eigenvalue weighted by Crippen LogP contribution is -2.39. The van der Waals surface area contributed by atoms with Crippen LogP contribution in [0.1, 0.15) is 12.5 Å². The zero-order valence-electron chi connectivity index (χ0n) is 13.7. The second kappa shape index (κ2) is 7.44. The summed E-state index contributed by atoms with van der Waals surface area (Å²) in [6.45, 7) is 0.730. The number of amides is 4. The van der Waals surface area contributed by atoms with Crippen molar-refractivity contribution in [2.24, 2.45) is 0 Å². The van der Waals surface area contributed by atoms with E-state index in [1.165, 1.54) is 31.0 Å². The zero-order valence-corrected chi connectivity index (χ0v) is 13.7. The fraction of sp³-hybridized carbons (Fsp3) is 0.312. The van der Waals surface area contributed by atoms with Gasteiger partial charge in [0.05, 0.1) is 11.6 Å². The zero-order chi connectivity index (χ0) is 18.6. The number of likely N-dealkylation sites (N-methyl/N-ethyl adjacent to an activating group) is 1. The van der Waals surface area contributed by atoms with Crippen LogP contribution in [0.3, 0.4) is 0 Å². The van der Waals surface area contributed by atoms with Crippen molar-refractivity contribution < 1.29 is 23.9 Å². The van der Waals surface area contributed by atoms with Gasteiger partial charge in [-0.2, -0.15) is 5.26 Å². The molecule has 1 N–H and O–H groups in total. The van der Waals surface area contributed by atoms with Crippen LogP contribution >= 0.6 is 0 Å². The van der Waals surface area contributed by atoms with Crippen LogP contribution in [0, 0.1) is 11.3 Å². The number of nitrogens with zero attached hydrogens (tertiary/aromatic N) is 3. The van der Waals surface area contributed by atoms with E-state index in [4.69, 9.17) is 10.00 Å². The molecule has 25 heavy (non-hydrogen) atoms. The number of nitrogens with one attached hydrogen (secondary N) is 1. The summed E-state index contributed by atoms with van der Waals surface area (Å²) in [6, 6.07) is 7.53. The Balaban J connectivity index is 1.87. The van der Waals surface area contributed by atoms with Crippen LogP contribution in [0.15, 0.2) is 24.3 Å². The van der Waals surface area contributed by atoms with Crippen molar-refractivity contribution >= 4 is 29.5 Å². The lowest BCUT2D eigenvalue weighted by atomic mass is 10.2. The predicted molar refractivity (Wildman–Crippen MR) is 85.1 cm³/mol. The van der Waals surface area contributed by atoms with E-state index in [9.17, 15) is 19.2 Å². The molecule has 0 bridgehead atoms. The summed E-state index contributed by atoms with van der Waals surface area (Å²) in [4.78, 5) is 49.1. The number of hydrogen-bond donors (Lipinski definition) is 1. The molecule has 9 heteroatoms. The van der Waals surface area contributed by atoms with E-state index in [1.54, 1.807) is 12.1 Å². The molecule has 0 aromatic heterocycles. The van der Waals surface area contributed by atoms with Gasteiger partial charge in [0.25, 0.3) is 11.8 Å². The van der Waals surface area contributed by atoms with E-state index >= 15 is 0 Å². The Morgan fingerprint density at radius 2 is 1.96 bits per heavy atom. The molecule has 0 saturated carbocycles. The first-order valence-corrected chi connectivity index (χ1v) is 7.37. The van der Waals surface area contributed by atoms with E-state index in [-0.39, 0.29) is 6.54 Å². The molecule has 0 aliphatic carbocycles. The number of nitriles is 1. The van der Waals surface area contributed by atoms with Crippen LogP contribution in [-0.4, -0.2) is 59.9 Å². The minimum absolute atomic E-state index is 0.0964. The van der Waals surface area contributed by atoms with Gasteiger partial charge in [0.1, 0.15) is 13.1 Å². The molecule has 1 aliphatic rings. The highest BCUT2D eigenvalue weighted by Crippen LogP contribution is 2.11. The van der Waals surface area contributed by atoms with Crippen LogP contribution in [0.4, 0.5) is 10.5 Å². The number of rotatable bonds is 5. The number of ether oxygens (including phenoxy) is 1. The molecule has 0 spiro atoms. The van der Waals surface area contributed by atoms with Gasteiger partial charge in [0.2, 0.25) is 0 Å². The minimum Gasteiger partial charge on any atom is -0.451 e. The maximum atomic E-state index is 12.0. The molecule has 1 aliphatic heterocycles. The Morgan fingerprint density at radius 1 is 1.32 bits per heavy atom. The Bertz CT molecular complexity index is 753. The highest BCUT2D eigenvalue weighted by molar-refractivity contribution is 6.04. The molecule has 1 aromatic rings. The fourth-order valence-corrected chi connectivity index (χ4v) is 2.11. The Labute approximate surface area is 143 Å². The summed E-state index contributed by atoms with van der Waals surface area (Å²) in [5.74, 6) is -1.94. The third-order valence-corrected chi connectivity index (χ3v) is 3.48. The molecule has 130 valence electrons. The highest BCUT2D eigenvalue weighted by atomic mass is 16.5. The van der Waals surface area contributed by atoms with Crippen LogP contribution < -0.4 is 5.32 Å². The van der Waals surface area contributed by atoms with Crippen molar-refractivity contribution in [1.82, 2.24) is 9.80 Å². The Hall–Kier alpha value is -3.41. The van der Waals surface area contributed by atoms with Crippen LogP contribution in [-0.2, 0) is 19.1 Å². The van der Waals surface area contributed by atoms with Crippen LogP contribution in [0.2, 0.25) is 0 Å². The van der Waals surface area contributed by atoms with Gasteiger partial charge < -0.3 is 15.0 Å². The first-order chi connectivity index (χ1) is 11.8. The van der Waals surface area contributed by atoms with Crippen molar-refractivity contribution in [1.29, 1.82) is 5.26 Å². The first kappa shape index (κ1) is 17.9. The summed E-state index contributed by atoms with van der Waals surface area (Å²) >= 11 is 0. The highest BCUT2D eigenvalue weighted by Gasteiger charge is 2.35. The second-order valence-corrected chi connectivity index (χ2v) is 5.43. The van der Waals surface area contributed by atoms with Crippen molar-refractivity contribution in [3.8, 4) is 6.07 Å². The number of carbonyl (C=O) groups excluding carboxylic acids is 4. The maximum Gasteiger partial charge on any atom is 0.327 e. The Kier molecular flexibility index (Phi) is 5.34. The van der Waals surface area contributed by atoms with E-state index in [2.05, 4.69) is 5.32 Å². The topological polar surface area (TPSA) is 120 Å². The number of imide groups is 1. The largest absolute Gasteiger partial charge is 0.451 e. The van der Waals surface area contributed by atoms with Gasteiger partial charge in [-0.05, 0) is 31.2 Å². The monoisotopic (exact) mass is 344 g/mol. The van der Waals surface area contributed by atoms with Crippen LogP contribution in [0.5, 0.6) is 0 Å². The molecule has 4 amide bonds. The minimum atomic E-state index is -1.12. The SMILES string of the molecule is C[C@@H](OC(=O)CN1C(=O)CN(C)C1=O)C(=O)Nc1ccc(C#N)cc1. The molecule has 1 fully saturated rings. The van der Waals surface area contributed by atoms with Crippen molar-refractivity contribution in [2.45, 2.75) is 13.0 Å². The quantitative estimate of drug-likeness (QED) is 0.607. The summed E-state index contributed by atoms with van der Waals surface area (Å²) in [6.07, 6.45) is -1.12. The van der Waals surface area contributed by atoms with Gasteiger partial charge in [-0.25, -0.2) is 4.79 Å². The third-order valence-electron chi connectivity index (χ3n) is 3.48. The molecule has 0 unspecified atom stereocenters. The van der Waals surface area contributed by atoms with Gasteiger partial charge in [0, 0.05) is 12.7 Å². The van der Waals surface area contributed by atoms with Gasteiger partial charge in [0.15, 0.2) is 6.10 Å². The number of benzene rings is 1. The number of esters is 1. The van der Waals surface area contributed by atoms with Gasteiger partial charge in [-0.3, -0.25) is 19.3 Å². The Morgan fingerprint density at radius 3 is 2.48 bits per heavy atom. The molecular weight excluding hydrogens is 328 g/mol. The average Bonchev–Trinajstić information content (AvgIpc) is 2.81. The summed E-state index contributed by atoms with van der Waals surface area (Å²) in [7, 11) is 1.44. The lowest BCUT2D eigenvalue weighted by molar-refractivity contribution is -0.154. The molecule has 9 nitrogen and oxygen atoms in total. The standard InChI is InChI=1S/C16H16N4O5/c1-10(15(23)18-12-5-3-11(7-17)4-6-12)25-14(22)9-20-13(21)8-19(2)16(20)24/h3-6,10H,8-9H2,1-2H3,(H,18,23)/t10-/m1/s1. The van der Waals surface area contributed by atoms with Gasteiger partial charge in [-0.1, -0.05) is 0 Å². The summed E-state index contributed by atoms with van der Waals surface area (Å²) in [5, 5.41) is 11.3. The smallest absolute Gasteiger partial charge is 0.327 e. The molecular formula is C16H16N4O5. The average molecular weight is 344 g/mol. The van der Waals surface area contributed by atoms with Crippen molar-refractivity contribution in [2.75, 3.05) is 25.5 Å². The fourth-order valence-electron chi connectivity index (χ4n) is 2.11. The number of carbonyl (C=O) groups is 4. The number of hydrogen-bond acceptors (Lipinski definition) is 6. The summed E-state index contributed by atoms with van der Waals surface area (Å²) < 4.78 is 4.96. The van der Waals surface area contributed by atoms with Crippen molar-refractivity contribution in [3.05, 3.63) is 29.8 Å². The summed E-state index contributed by atoms with van der Waals surface area (Å²) in [5.41, 5.74) is 0.890. The molecule has 1 saturated heterocycles. The van der Waals surface area contributed by atoms with Crippen molar-refractivity contribution in [3.63, 3.8) is 0 Å². The normalized spacial score (nSPS) is 14.9. The molecule has 1 atom stereocenters. The number of anilines is 1. The first-order valence-electron chi connectivity index (χ1n) is 7.37. The van der Waals surface area contributed by atoms with Crippen LogP contribution in [0.25, 0.3) is 0 Å². The molecule has 0 radical (unpaired) electrons. The third kappa shape index (κ3) is 4.32. The van der Waals surface area contributed by atoms with E-state index in [1.807, 2.05) is 6.07 Å². The second-order valence-electron chi connectivity index (χ2n) is 5.43. The van der Waals surface area contributed by atoms with E-state index in [0.717, 1.165) is 4.90 Å². The van der Waals surface area contributed by atoms with Gasteiger partial charge in [-0.15, -0.1) is 0 Å². The maximum absolute atomic E-state index is 12.0. The van der Waals surface area contributed by atoms with E-state index in [0.29, 0.717) is 11.3 Å². The molecule has 1 heterocycles. The van der Waals surface area contributed by atoms with Gasteiger partial charge >= 0.3 is 12.0 Å². The van der Waals surface area contributed by atoms with E-state index < -0.39 is 36.5 Å². The predicted octanol–water partition coefficient (Wildman–Crippen LogP) is 0.322. The number of urea groups is 1. The lowest BCUT2D eigenvalue weighted by Gasteiger charge is -2.16. The molecule has 2 rings (SSSR count).